The van der Waals surface area contributed by atoms with Crippen LogP contribution < -0.4 is 16.0 Å². The third kappa shape index (κ3) is 3.65. The predicted molar refractivity (Wildman–Crippen MR) is 96.1 cm³/mol. The first-order valence-corrected chi connectivity index (χ1v) is 7.31. The summed E-state index contributed by atoms with van der Waals surface area (Å²) >= 11 is 11.1. The maximum absolute atomic E-state index is 6.06. The molecule has 2 aromatic carbocycles. The fourth-order valence-corrected chi connectivity index (χ4v) is 2.51. The molecule has 0 bridgehead atoms. The van der Waals surface area contributed by atoms with Gasteiger partial charge in [0.05, 0.1) is 5.69 Å². The number of hydrogen-bond donors (Lipinski definition) is 2. The third-order valence-corrected chi connectivity index (χ3v) is 3.67. The van der Waals surface area contributed by atoms with Crippen LogP contribution in [-0.2, 0) is 0 Å². The molecule has 0 aliphatic heterocycles. The van der Waals surface area contributed by atoms with Crippen LogP contribution in [0.2, 0.25) is 5.02 Å². The van der Waals surface area contributed by atoms with E-state index >= 15 is 0 Å². The van der Waals surface area contributed by atoms with Gasteiger partial charge in [0.15, 0.2) is 0 Å². The lowest BCUT2D eigenvalue weighted by Gasteiger charge is -2.18. The molecule has 0 aromatic heterocycles. The van der Waals surface area contributed by atoms with Gasteiger partial charge in [-0.05, 0) is 42.8 Å². The Morgan fingerprint density at radius 2 is 1.90 bits per heavy atom. The van der Waals surface area contributed by atoms with Crippen molar-refractivity contribution in [2.45, 2.75) is 6.92 Å². The minimum atomic E-state index is 0.342. The van der Waals surface area contributed by atoms with Crippen molar-refractivity contribution in [2.24, 2.45) is 5.73 Å². The number of benzene rings is 2. The zero-order chi connectivity index (χ0) is 15.6. The summed E-state index contributed by atoms with van der Waals surface area (Å²) in [6, 6.07) is 11.6. The standard InChI is InChI=1S/C16H18ClN3S/c1-10-4-6-12(9-15(10)20(2)3)19-14-8-11(17)5-7-13(14)16(18)21/h4-9,19H,1-3H3,(H2,18,21). The molecule has 0 heterocycles. The quantitative estimate of drug-likeness (QED) is 0.833. The van der Waals surface area contributed by atoms with Crippen molar-refractivity contribution in [3.8, 4) is 0 Å². The largest absolute Gasteiger partial charge is 0.389 e. The highest BCUT2D eigenvalue weighted by atomic mass is 35.5. The monoisotopic (exact) mass is 319 g/mol. The van der Waals surface area contributed by atoms with Crippen molar-refractivity contribution in [1.29, 1.82) is 0 Å². The Morgan fingerprint density at radius 1 is 1.19 bits per heavy atom. The van der Waals surface area contributed by atoms with Gasteiger partial charge in [-0.2, -0.15) is 0 Å². The number of halogens is 1. The molecule has 2 aromatic rings. The lowest BCUT2D eigenvalue weighted by Crippen LogP contribution is -2.12. The second-order valence-electron chi connectivity index (χ2n) is 5.07. The van der Waals surface area contributed by atoms with Gasteiger partial charge < -0.3 is 16.0 Å². The molecule has 0 saturated carbocycles. The predicted octanol–water partition coefficient (Wildman–Crippen LogP) is 4.09. The van der Waals surface area contributed by atoms with E-state index in [1.165, 1.54) is 5.56 Å². The molecule has 3 N–H and O–H groups in total. The van der Waals surface area contributed by atoms with E-state index in [1.807, 2.05) is 32.3 Å². The number of hydrogen-bond acceptors (Lipinski definition) is 3. The average Bonchev–Trinajstić information content (AvgIpc) is 2.40. The van der Waals surface area contributed by atoms with E-state index < -0.39 is 0 Å². The van der Waals surface area contributed by atoms with E-state index in [1.54, 1.807) is 6.07 Å². The summed E-state index contributed by atoms with van der Waals surface area (Å²) in [4.78, 5) is 2.42. The molecule has 0 spiro atoms. The Hall–Kier alpha value is -1.78. The minimum absolute atomic E-state index is 0.342. The van der Waals surface area contributed by atoms with Crippen LogP contribution in [0.15, 0.2) is 36.4 Å². The van der Waals surface area contributed by atoms with E-state index in [4.69, 9.17) is 29.6 Å². The third-order valence-electron chi connectivity index (χ3n) is 3.22. The maximum Gasteiger partial charge on any atom is 0.106 e. The van der Waals surface area contributed by atoms with E-state index in [-0.39, 0.29) is 0 Å². The molecule has 0 aliphatic carbocycles. The Labute approximate surface area is 135 Å². The SMILES string of the molecule is Cc1ccc(Nc2cc(Cl)ccc2C(N)=S)cc1N(C)C. The first-order valence-electron chi connectivity index (χ1n) is 6.53. The number of aryl methyl sites for hydroxylation is 1. The average molecular weight is 320 g/mol. The molecule has 0 radical (unpaired) electrons. The number of nitrogens with one attached hydrogen (secondary N) is 1. The van der Waals surface area contributed by atoms with Crippen LogP contribution in [0, 0.1) is 6.92 Å². The first kappa shape index (κ1) is 15.6. The molecular formula is C16H18ClN3S. The molecule has 3 nitrogen and oxygen atoms in total. The summed E-state index contributed by atoms with van der Waals surface area (Å²) in [5.74, 6) is 0. The zero-order valence-electron chi connectivity index (χ0n) is 12.3. The smallest absolute Gasteiger partial charge is 0.106 e. The van der Waals surface area contributed by atoms with Crippen molar-refractivity contribution >= 4 is 45.9 Å². The maximum atomic E-state index is 6.06. The Balaban J connectivity index is 2.40. The van der Waals surface area contributed by atoms with Crippen molar-refractivity contribution < 1.29 is 0 Å². The highest BCUT2D eigenvalue weighted by molar-refractivity contribution is 7.80. The molecule has 0 saturated heterocycles. The first-order chi connectivity index (χ1) is 9.88. The van der Waals surface area contributed by atoms with Gasteiger partial charge in [-0.15, -0.1) is 0 Å². The molecule has 0 unspecified atom stereocenters. The van der Waals surface area contributed by atoms with Crippen LogP contribution in [0.25, 0.3) is 0 Å². The number of anilines is 3. The van der Waals surface area contributed by atoms with Gasteiger partial charge in [0.25, 0.3) is 0 Å². The zero-order valence-corrected chi connectivity index (χ0v) is 13.8. The molecule has 0 amide bonds. The summed E-state index contributed by atoms with van der Waals surface area (Å²) in [5, 5.41) is 3.98. The number of nitrogens with zero attached hydrogens (tertiary/aromatic N) is 1. The van der Waals surface area contributed by atoms with Gasteiger partial charge in [0, 0.05) is 36.1 Å². The summed E-state index contributed by atoms with van der Waals surface area (Å²) < 4.78 is 0. The highest BCUT2D eigenvalue weighted by Gasteiger charge is 2.08. The van der Waals surface area contributed by atoms with Gasteiger partial charge in [0.2, 0.25) is 0 Å². The van der Waals surface area contributed by atoms with Crippen LogP contribution in [0.5, 0.6) is 0 Å². The van der Waals surface area contributed by atoms with Gasteiger partial charge in [-0.3, -0.25) is 0 Å². The van der Waals surface area contributed by atoms with Crippen molar-refractivity contribution in [3.05, 3.63) is 52.5 Å². The molecule has 110 valence electrons. The van der Waals surface area contributed by atoms with Crippen molar-refractivity contribution in [2.75, 3.05) is 24.3 Å². The summed E-state index contributed by atoms with van der Waals surface area (Å²) in [6.45, 7) is 2.08. The van der Waals surface area contributed by atoms with E-state index in [9.17, 15) is 0 Å². The fraction of sp³-hybridized carbons (Fsp3) is 0.188. The van der Waals surface area contributed by atoms with Crippen LogP contribution in [0.3, 0.4) is 0 Å². The molecule has 5 heteroatoms. The van der Waals surface area contributed by atoms with Gasteiger partial charge in [-0.1, -0.05) is 29.9 Å². The topological polar surface area (TPSA) is 41.3 Å². The number of rotatable bonds is 4. The van der Waals surface area contributed by atoms with Crippen LogP contribution in [-0.4, -0.2) is 19.1 Å². The minimum Gasteiger partial charge on any atom is -0.389 e. The summed E-state index contributed by atoms with van der Waals surface area (Å²) in [7, 11) is 4.04. The van der Waals surface area contributed by atoms with Gasteiger partial charge in [-0.25, -0.2) is 0 Å². The van der Waals surface area contributed by atoms with Gasteiger partial charge >= 0.3 is 0 Å². The molecule has 2 rings (SSSR count). The van der Waals surface area contributed by atoms with E-state index in [2.05, 4.69) is 29.3 Å². The summed E-state index contributed by atoms with van der Waals surface area (Å²) in [6.07, 6.45) is 0. The molecule has 0 aliphatic rings. The lowest BCUT2D eigenvalue weighted by molar-refractivity contribution is 1.11. The number of nitrogens with two attached hydrogens (primary N) is 1. The van der Waals surface area contributed by atoms with E-state index in [0.717, 1.165) is 22.6 Å². The fourth-order valence-electron chi connectivity index (χ4n) is 2.16. The second-order valence-corrected chi connectivity index (χ2v) is 5.95. The van der Waals surface area contributed by atoms with Crippen LogP contribution >= 0.6 is 23.8 Å². The van der Waals surface area contributed by atoms with Crippen molar-refractivity contribution in [1.82, 2.24) is 0 Å². The Kier molecular flexibility index (Phi) is 4.70. The number of thiocarbonyl (C=S) groups is 1. The molecular weight excluding hydrogens is 302 g/mol. The van der Waals surface area contributed by atoms with Crippen molar-refractivity contribution in [3.63, 3.8) is 0 Å². The molecule has 0 atom stereocenters. The lowest BCUT2D eigenvalue weighted by atomic mass is 10.1. The van der Waals surface area contributed by atoms with Gasteiger partial charge in [0.1, 0.15) is 4.99 Å². The highest BCUT2D eigenvalue weighted by Crippen LogP contribution is 2.28. The second kappa shape index (κ2) is 6.33. The summed E-state index contributed by atoms with van der Waals surface area (Å²) in [5.41, 5.74) is 10.7. The molecule has 0 fully saturated rings. The van der Waals surface area contributed by atoms with Crippen LogP contribution in [0.1, 0.15) is 11.1 Å². The van der Waals surface area contributed by atoms with E-state index in [0.29, 0.717) is 10.0 Å². The normalized spacial score (nSPS) is 10.3. The Bertz CT molecular complexity index is 683. The molecule has 21 heavy (non-hydrogen) atoms. The Morgan fingerprint density at radius 3 is 2.52 bits per heavy atom. The van der Waals surface area contributed by atoms with Crippen LogP contribution in [0.4, 0.5) is 17.1 Å².